The highest BCUT2D eigenvalue weighted by molar-refractivity contribution is 5.96. The number of hydroxylamine groups is 1. The van der Waals surface area contributed by atoms with Gasteiger partial charge in [-0.15, -0.1) is 0 Å². The Balaban J connectivity index is 1.42. The molecule has 11 heteroatoms. The highest BCUT2D eigenvalue weighted by Gasteiger charge is 2.22. The Bertz CT molecular complexity index is 1610. The van der Waals surface area contributed by atoms with Crippen LogP contribution in [-0.4, -0.2) is 63.2 Å². The monoisotopic (exact) mass is 556 g/mol. The second kappa shape index (κ2) is 12.3. The fraction of sp³-hybridized carbons (Fsp3) is 0.300. The quantitative estimate of drug-likeness (QED) is 0.264. The van der Waals surface area contributed by atoms with Gasteiger partial charge in [0, 0.05) is 23.8 Å². The number of anilines is 2. The number of pyridine rings is 1. The minimum atomic E-state index is -0.793. The maximum Gasteiger partial charge on any atom is 0.317 e. The van der Waals surface area contributed by atoms with Crippen LogP contribution in [0.1, 0.15) is 47.2 Å². The van der Waals surface area contributed by atoms with Crippen LogP contribution >= 0.6 is 0 Å². The number of hydrogen-bond donors (Lipinski definition) is 3. The number of rotatable bonds is 9. The van der Waals surface area contributed by atoms with Gasteiger partial charge in [-0.05, 0) is 73.7 Å². The lowest BCUT2D eigenvalue weighted by atomic mass is 9.89. The average Bonchev–Trinajstić information content (AvgIpc) is 2.98. The molecule has 11 nitrogen and oxygen atoms in total. The molecule has 1 amide bonds. The fourth-order valence-corrected chi connectivity index (χ4v) is 5.15. The van der Waals surface area contributed by atoms with Crippen LogP contribution in [0.25, 0.3) is 16.7 Å². The van der Waals surface area contributed by atoms with Crippen molar-refractivity contribution in [3.63, 3.8) is 0 Å². The van der Waals surface area contributed by atoms with Crippen molar-refractivity contribution in [2.45, 2.75) is 32.1 Å². The number of carbonyl (C=O) groups excluding carboxylic acids is 1. The number of fused-ring (bicyclic) bond motifs is 1. The van der Waals surface area contributed by atoms with Gasteiger partial charge in [-0.25, -0.2) is 10.5 Å². The van der Waals surface area contributed by atoms with Crippen LogP contribution in [0.5, 0.6) is 0 Å². The topological polar surface area (TPSA) is 139 Å². The molecule has 212 valence electrons. The lowest BCUT2D eigenvalue weighted by Crippen LogP contribution is -2.36. The van der Waals surface area contributed by atoms with E-state index in [-0.39, 0.29) is 17.5 Å². The Labute approximate surface area is 236 Å². The molecule has 1 aliphatic heterocycles. The van der Waals surface area contributed by atoms with E-state index in [2.05, 4.69) is 39.8 Å². The van der Waals surface area contributed by atoms with E-state index in [0.29, 0.717) is 17.5 Å². The van der Waals surface area contributed by atoms with Crippen LogP contribution in [0.4, 0.5) is 11.6 Å². The zero-order valence-corrected chi connectivity index (χ0v) is 23.0. The number of carboxylic acid groups (broad SMARTS) is 1. The summed E-state index contributed by atoms with van der Waals surface area (Å²) in [7, 11) is 1.31. The highest BCUT2D eigenvalue weighted by Crippen LogP contribution is 2.29. The average molecular weight is 557 g/mol. The maximum atomic E-state index is 13.2. The van der Waals surface area contributed by atoms with Crippen LogP contribution in [0.2, 0.25) is 0 Å². The Morgan fingerprint density at radius 1 is 1.07 bits per heavy atom. The van der Waals surface area contributed by atoms with E-state index < -0.39 is 17.3 Å². The molecule has 1 fully saturated rings. The van der Waals surface area contributed by atoms with Crippen molar-refractivity contribution >= 4 is 34.5 Å². The molecule has 0 unspecified atom stereocenters. The first kappa shape index (κ1) is 27.9. The van der Waals surface area contributed by atoms with E-state index >= 15 is 0 Å². The van der Waals surface area contributed by atoms with Crippen LogP contribution in [0, 0.1) is 0 Å². The fourth-order valence-electron chi connectivity index (χ4n) is 5.15. The number of nitrogens with zero attached hydrogens (tertiary/aromatic N) is 4. The molecular weight excluding hydrogens is 524 g/mol. The summed E-state index contributed by atoms with van der Waals surface area (Å²) >= 11 is 0. The Morgan fingerprint density at radius 2 is 1.78 bits per heavy atom. The molecule has 3 N–H and O–H groups in total. The number of amides is 1. The number of hydrogen-bond acceptors (Lipinski definition) is 8. The van der Waals surface area contributed by atoms with E-state index in [0.717, 1.165) is 49.3 Å². The second-order valence-corrected chi connectivity index (χ2v) is 10.0. The van der Waals surface area contributed by atoms with Gasteiger partial charge >= 0.3 is 5.97 Å². The van der Waals surface area contributed by atoms with E-state index in [4.69, 9.17) is 9.94 Å². The number of aryl methyl sites for hydroxylation is 1. The van der Waals surface area contributed by atoms with Gasteiger partial charge in [0.25, 0.3) is 5.91 Å². The maximum absolute atomic E-state index is 13.2. The zero-order valence-electron chi connectivity index (χ0n) is 23.0. The van der Waals surface area contributed by atoms with Crippen molar-refractivity contribution in [3.8, 4) is 5.69 Å². The number of benzene rings is 2. The molecular formula is C30H32N6O5. The molecule has 0 aliphatic carbocycles. The molecule has 1 saturated heterocycles. The van der Waals surface area contributed by atoms with Crippen molar-refractivity contribution in [1.29, 1.82) is 0 Å². The van der Waals surface area contributed by atoms with Gasteiger partial charge in [-0.2, -0.15) is 4.98 Å². The predicted octanol–water partition coefficient (Wildman–Crippen LogP) is 3.64. The van der Waals surface area contributed by atoms with Gasteiger partial charge in [-0.1, -0.05) is 31.2 Å². The molecule has 41 heavy (non-hydrogen) atoms. The van der Waals surface area contributed by atoms with Crippen molar-refractivity contribution in [2.24, 2.45) is 0 Å². The van der Waals surface area contributed by atoms with Gasteiger partial charge in [0.15, 0.2) is 5.65 Å². The first-order valence-corrected chi connectivity index (χ1v) is 13.5. The number of aromatic nitrogens is 3. The van der Waals surface area contributed by atoms with Crippen molar-refractivity contribution in [1.82, 2.24) is 24.9 Å². The van der Waals surface area contributed by atoms with Crippen LogP contribution < -0.4 is 16.2 Å². The first-order valence-electron chi connectivity index (χ1n) is 13.5. The normalized spacial score (nSPS) is 14.2. The molecule has 0 saturated carbocycles. The highest BCUT2D eigenvalue weighted by atomic mass is 16.6. The van der Waals surface area contributed by atoms with Crippen LogP contribution in [0.3, 0.4) is 0 Å². The van der Waals surface area contributed by atoms with Crippen LogP contribution in [-0.2, 0) is 16.1 Å². The number of carboxylic acids is 1. The summed E-state index contributed by atoms with van der Waals surface area (Å²) in [5.74, 6) is -0.768. The van der Waals surface area contributed by atoms with Gasteiger partial charge in [0.05, 0.1) is 19.0 Å². The number of likely N-dealkylation sites (tertiary alicyclic amines) is 1. The zero-order chi connectivity index (χ0) is 28.9. The molecule has 0 spiro atoms. The third-order valence-corrected chi connectivity index (χ3v) is 7.39. The van der Waals surface area contributed by atoms with E-state index in [1.807, 2.05) is 41.3 Å². The van der Waals surface area contributed by atoms with E-state index in [1.54, 1.807) is 4.57 Å². The third kappa shape index (κ3) is 6.26. The van der Waals surface area contributed by atoms with Crippen molar-refractivity contribution in [3.05, 3.63) is 87.8 Å². The molecule has 4 aromatic rings. The summed E-state index contributed by atoms with van der Waals surface area (Å²) in [6.07, 6.45) is 5.59. The number of aliphatic carboxylic acids is 1. The minimum Gasteiger partial charge on any atom is -0.480 e. The summed E-state index contributed by atoms with van der Waals surface area (Å²) in [5.41, 5.74) is 5.87. The van der Waals surface area contributed by atoms with Crippen molar-refractivity contribution in [2.75, 3.05) is 32.1 Å². The lowest BCUT2D eigenvalue weighted by molar-refractivity contribution is -0.138. The number of nitrogens with one attached hydrogen (secondary N) is 2. The second-order valence-electron chi connectivity index (χ2n) is 10.0. The summed E-state index contributed by atoms with van der Waals surface area (Å²) < 4.78 is 1.70. The van der Waals surface area contributed by atoms with Gasteiger partial charge in [0.2, 0.25) is 11.4 Å². The van der Waals surface area contributed by atoms with Gasteiger partial charge in [-0.3, -0.25) is 24.1 Å². The smallest absolute Gasteiger partial charge is 0.317 e. The van der Waals surface area contributed by atoms with E-state index in [9.17, 15) is 14.4 Å². The summed E-state index contributed by atoms with van der Waals surface area (Å²) in [4.78, 5) is 52.5. The summed E-state index contributed by atoms with van der Waals surface area (Å²) in [6, 6.07) is 15.9. The Hall–Kier alpha value is -4.61. The molecule has 2 aromatic heterocycles. The summed E-state index contributed by atoms with van der Waals surface area (Å²) in [5, 5.41) is 12.4. The van der Waals surface area contributed by atoms with Crippen LogP contribution in [0.15, 0.2) is 65.7 Å². The minimum absolute atomic E-state index is 0.0842. The molecule has 1 aliphatic rings. The number of carbonyl (C=O) groups is 2. The SMILES string of the molecule is CCc1ccc(-n2cc(C(=O)NOC)c(=O)c3cnc(Nc4ccc(C5CCN(CC(=O)O)CC5)cc4)nc32)cc1. The first-order chi connectivity index (χ1) is 19.9. The van der Waals surface area contributed by atoms with Gasteiger partial charge < -0.3 is 15.0 Å². The Kier molecular flexibility index (Phi) is 8.37. The lowest BCUT2D eigenvalue weighted by Gasteiger charge is -2.31. The molecule has 0 radical (unpaired) electrons. The predicted molar refractivity (Wildman–Crippen MR) is 155 cm³/mol. The molecule has 0 bridgehead atoms. The van der Waals surface area contributed by atoms with E-state index in [1.165, 1.54) is 25.1 Å². The van der Waals surface area contributed by atoms with Crippen molar-refractivity contribution < 1.29 is 19.5 Å². The summed E-state index contributed by atoms with van der Waals surface area (Å²) in [6.45, 7) is 3.68. The number of piperidine rings is 1. The Morgan fingerprint density at radius 3 is 2.41 bits per heavy atom. The molecule has 2 aromatic carbocycles. The molecule has 5 rings (SSSR count). The standard InChI is InChI=1S/C30H32N6O5/c1-3-19-4-10-23(11-5-19)36-17-25(29(40)34-41-2)27(39)24-16-31-30(33-28(24)36)32-22-8-6-20(7-9-22)21-12-14-35(15-13-21)18-26(37)38/h4-11,16-17,21H,3,12-15,18H2,1-2H3,(H,34,40)(H,37,38)(H,31,32,33). The van der Waals surface area contributed by atoms with Gasteiger partial charge in [0.1, 0.15) is 5.56 Å². The third-order valence-electron chi connectivity index (χ3n) is 7.39. The molecule has 0 atom stereocenters. The largest absolute Gasteiger partial charge is 0.480 e. The molecule has 3 heterocycles.